The van der Waals surface area contributed by atoms with Gasteiger partial charge in [0.15, 0.2) is 0 Å². The topological polar surface area (TPSA) is 0 Å². The Kier molecular flexibility index (Phi) is 11.8. The molecule has 0 saturated carbocycles. The second kappa shape index (κ2) is 8.96. The zero-order valence-electron chi connectivity index (χ0n) is 11.6. The van der Waals surface area contributed by atoms with Gasteiger partial charge in [-0.25, -0.2) is 0 Å². The van der Waals surface area contributed by atoms with Gasteiger partial charge in [0, 0.05) is 0 Å². The molecule has 0 radical (unpaired) electrons. The maximum atomic E-state index is 2.12. The summed E-state index contributed by atoms with van der Waals surface area (Å²) in [4.78, 5) is 0. The Morgan fingerprint density at radius 3 is 1.00 bits per heavy atom. The summed E-state index contributed by atoms with van der Waals surface area (Å²) in [5, 5.41) is 2.62. The molecule has 0 saturated heterocycles. The molecule has 0 bridgehead atoms. The second-order valence-corrected chi connectivity index (χ2v) is 2.35. The van der Waals surface area contributed by atoms with Crippen LogP contribution in [0.2, 0.25) is 0 Å². The van der Waals surface area contributed by atoms with E-state index in [1.165, 1.54) is 10.8 Å². The van der Waals surface area contributed by atoms with Crippen molar-refractivity contribution in [2.24, 2.45) is 0 Å². The predicted octanol–water partition coefficient (Wildman–Crippen LogP) is -5.81. The zero-order valence-corrected chi connectivity index (χ0v) is 14.6. The van der Waals surface area contributed by atoms with Crippen molar-refractivity contribution < 1.29 is 93.0 Å². The molecule has 0 atom stereocenters. The van der Waals surface area contributed by atoms with Gasteiger partial charge in [-0.3, -0.25) is 0 Å². The molecule has 0 spiro atoms. The van der Waals surface area contributed by atoms with Gasteiger partial charge in [-0.15, -0.1) is 0 Å². The van der Waals surface area contributed by atoms with Crippen LogP contribution in [0.3, 0.4) is 0 Å². The van der Waals surface area contributed by atoms with Crippen molar-refractivity contribution >= 4 is 10.8 Å². The average molecular weight is 200 g/mol. The van der Waals surface area contributed by atoms with E-state index in [0.717, 1.165) is 0 Å². The summed E-state index contributed by atoms with van der Waals surface area (Å²) in [6.45, 7) is 0. The van der Waals surface area contributed by atoms with E-state index in [-0.39, 0.29) is 93.0 Å². The molecule has 0 aliphatic rings. The van der Waals surface area contributed by atoms with Gasteiger partial charge in [-0.2, -0.15) is 0 Å². The molecule has 13 heavy (non-hydrogen) atoms. The van der Waals surface area contributed by atoms with Crippen LogP contribution in [-0.4, -0.2) is 0 Å². The van der Waals surface area contributed by atoms with E-state index in [1.807, 2.05) is 0 Å². The van der Waals surface area contributed by atoms with Crippen LogP contribution in [0.25, 0.3) is 10.8 Å². The molecule has 0 aromatic heterocycles. The first-order chi connectivity index (χ1) is 4.97. The third-order valence-electron chi connectivity index (χ3n) is 1.66. The maximum Gasteiger partial charge on any atom is 1.00 e. The molecule has 0 unspecified atom stereocenters. The van der Waals surface area contributed by atoms with E-state index in [9.17, 15) is 0 Å². The van der Waals surface area contributed by atoms with E-state index < -0.39 is 0 Å². The van der Waals surface area contributed by atoms with Crippen molar-refractivity contribution in [1.82, 2.24) is 0 Å². The van der Waals surface area contributed by atoms with Crippen molar-refractivity contribution in [2.45, 2.75) is 0 Å². The minimum Gasteiger partial charge on any atom is -1.00 e. The summed E-state index contributed by atoms with van der Waals surface area (Å²) in [5.74, 6) is 0. The van der Waals surface area contributed by atoms with E-state index in [1.54, 1.807) is 0 Å². The minimum atomic E-state index is 0. The Balaban J connectivity index is -0.0000000672. The summed E-state index contributed by atoms with van der Waals surface area (Å²) in [7, 11) is 0. The molecule has 54 valence electrons. The third-order valence-corrected chi connectivity index (χ3v) is 1.66. The molecule has 0 amide bonds. The first kappa shape index (κ1) is 17.1. The van der Waals surface area contributed by atoms with Crippen molar-refractivity contribution in [1.29, 1.82) is 0 Å². The Morgan fingerprint density at radius 2 is 0.769 bits per heavy atom. The minimum absolute atomic E-state index is 0. The molecular weight excluding hydrogens is 189 g/mol. The normalized spacial score (nSPS) is 7.69. The molecule has 0 aliphatic carbocycles. The molecule has 0 nitrogen and oxygen atoms in total. The number of hydrogen-bond donors (Lipinski definition) is 0. The Morgan fingerprint density at radius 1 is 0.538 bits per heavy atom. The number of rotatable bonds is 0. The Hall–Kier alpha value is 1.70. The summed E-state index contributed by atoms with van der Waals surface area (Å²) in [6, 6.07) is 16.7. The average Bonchev–Trinajstić information content (AvgIpc) is 2.05. The molecule has 3 heteroatoms. The van der Waals surface area contributed by atoms with Crippen LogP contribution in [0, 0.1) is 0 Å². The Bertz CT molecular complexity index is 292. The van der Waals surface area contributed by atoms with Crippen LogP contribution in [-0.2, 0) is 0 Å². The fourth-order valence-corrected chi connectivity index (χ4v) is 1.13. The van der Waals surface area contributed by atoms with Crippen molar-refractivity contribution in [3.05, 3.63) is 48.5 Å². The fourth-order valence-electron chi connectivity index (χ4n) is 1.13. The fraction of sp³-hybridized carbons (Fsp3) is 0. The number of benzene rings is 2. The summed E-state index contributed by atoms with van der Waals surface area (Å²) >= 11 is 0. The van der Waals surface area contributed by atoms with E-state index in [4.69, 9.17) is 0 Å². The third kappa shape index (κ3) is 4.83. The quantitative estimate of drug-likeness (QED) is 0.372. The van der Waals surface area contributed by atoms with Gasteiger partial charge in [-0.1, -0.05) is 48.5 Å². The van der Waals surface area contributed by atoms with Gasteiger partial charge in [0.1, 0.15) is 0 Å². The second-order valence-electron chi connectivity index (χ2n) is 2.35. The van der Waals surface area contributed by atoms with Gasteiger partial charge >= 0.3 is 88.7 Å². The zero-order chi connectivity index (χ0) is 6.81. The standard InChI is InChI=1S/C10H8.3Na.3H/c1-2-6-10-8-4-3-7-9(10)5-1;;;;;;/h1-8H;;;;;;/q;3*+1;3*-1. The van der Waals surface area contributed by atoms with Gasteiger partial charge in [0.05, 0.1) is 0 Å². The van der Waals surface area contributed by atoms with Gasteiger partial charge in [0.2, 0.25) is 0 Å². The van der Waals surface area contributed by atoms with Crippen LogP contribution in [0.4, 0.5) is 0 Å². The first-order valence-corrected chi connectivity index (χ1v) is 3.40. The predicted molar refractivity (Wildman–Crippen MR) is 47.3 cm³/mol. The molecule has 0 aliphatic heterocycles. The van der Waals surface area contributed by atoms with Crippen molar-refractivity contribution in [2.75, 3.05) is 0 Å². The maximum absolute atomic E-state index is 2.12. The molecule has 0 fully saturated rings. The van der Waals surface area contributed by atoms with Crippen molar-refractivity contribution in [3.8, 4) is 0 Å². The smallest absolute Gasteiger partial charge is 1.00 e. The van der Waals surface area contributed by atoms with Crippen LogP contribution in [0.1, 0.15) is 4.28 Å². The van der Waals surface area contributed by atoms with Crippen LogP contribution in [0.15, 0.2) is 48.5 Å². The van der Waals surface area contributed by atoms with Gasteiger partial charge in [0.25, 0.3) is 0 Å². The molecule has 2 aromatic rings. The van der Waals surface area contributed by atoms with Crippen LogP contribution < -0.4 is 88.7 Å². The summed E-state index contributed by atoms with van der Waals surface area (Å²) in [6.07, 6.45) is 0. The number of fused-ring (bicyclic) bond motifs is 1. The molecule has 2 aromatic carbocycles. The Labute approximate surface area is 150 Å². The largest absolute Gasteiger partial charge is 1.00 e. The van der Waals surface area contributed by atoms with Crippen molar-refractivity contribution in [3.63, 3.8) is 0 Å². The SMILES string of the molecule is [H-].[H-].[H-].[Na+].[Na+].[Na+].c1ccc2ccccc2c1. The molecule has 0 heterocycles. The van der Waals surface area contributed by atoms with Crippen LogP contribution >= 0.6 is 0 Å². The van der Waals surface area contributed by atoms with Gasteiger partial charge in [-0.05, 0) is 10.8 Å². The monoisotopic (exact) mass is 200 g/mol. The summed E-state index contributed by atoms with van der Waals surface area (Å²) in [5.41, 5.74) is 0. The molecule has 0 N–H and O–H groups in total. The van der Waals surface area contributed by atoms with Crippen LogP contribution in [0.5, 0.6) is 0 Å². The van der Waals surface area contributed by atoms with E-state index in [0.29, 0.717) is 0 Å². The number of hydrogen-bond acceptors (Lipinski definition) is 0. The van der Waals surface area contributed by atoms with Gasteiger partial charge < -0.3 is 4.28 Å². The van der Waals surface area contributed by atoms with E-state index >= 15 is 0 Å². The summed E-state index contributed by atoms with van der Waals surface area (Å²) < 4.78 is 0. The van der Waals surface area contributed by atoms with E-state index in [2.05, 4.69) is 48.5 Å². The molecular formula is C10H11Na3. The first-order valence-electron chi connectivity index (χ1n) is 3.40. The molecule has 2 rings (SSSR count).